The monoisotopic (exact) mass is 255 g/mol. The summed E-state index contributed by atoms with van der Waals surface area (Å²) in [6, 6.07) is 4.17. The molecule has 0 spiro atoms. The van der Waals surface area contributed by atoms with Crippen molar-refractivity contribution in [1.29, 1.82) is 5.26 Å². The van der Waals surface area contributed by atoms with E-state index in [0.717, 1.165) is 28.3 Å². The van der Waals surface area contributed by atoms with Gasteiger partial charge in [0.2, 0.25) is 0 Å². The molecular formula is C14H17N5. The van der Waals surface area contributed by atoms with Crippen LogP contribution in [0.3, 0.4) is 0 Å². The molecule has 0 aromatic carbocycles. The van der Waals surface area contributed by atoms with E-state index in [2.05, 4.69) is 21.3 Å². The van der Waals surface area contributed by atoms with Gasteiger partial charge in [-0.25, -0.2) is 4.98 Å². The van der Waals surface area contributed by atoms with Gasteiger partial charge in [0.1, 0.15) is 11.9 Å². The molecule has 0 atom stereocenters. The van der Waals surface area contributed by atoms with Gasteiger partial charge < -0.3 is 4.90 Å². The molecule has 2 rings (SSSR count). The van der Waals surface area contributed by atoms with Gasteiger partial charge in [-0.1, -0.05) is 0 Å². The van der Waals surface area contributed by atoms with Crippen LogP contribution in [0.25, 0.3) is 0 Å². The number of hydrogen-bond acceptors (Lipinski definition) is 4. The number of nitriles is 1. The van der Waals surface area contributed by atoms with Crippen molar-refractivity contribution in [2.24, 2.45) is 0 Å². The van der Waals surface area contributed by atoms with Gasteiger partial charge >= 0.3 is 0 Å². The number of aromatic nitrogens is 3. The summed E-state index contributed by atoms with van der Waals surface area (Å²) < 4.78 is 0. The summed E-state index contributed by atoms with van der Waals surface area (Å²) in [5.41, 5.74) is 4.65. The minimum Gasteiger partial charge on any atom is -0.354 e. The minimum absolute atomic E-state index is 0.634. The number of hydrogen-bond donors (Lipinski definition) is 1. The number of rotatable bonds is 3. The van der Waals surface area contributed by atoms with Gasteiger partial charge in [0, 0.05) is 30.5 Å². The maximum atomic E-state index is 9.28. The Balaban J connectivity index is 2.36. The zero-order valence-electron chi connectivity index (χ0n) is 11.7. The third-order valence-corrected chi connectivity index (χ3v) is 3.14. The topological polar surface area (TPSA) is 68.6 Å². The fourth-order valence-corrected chi connectivity index (χ4v) is 2.10. The van der Waals surface area contributed by atoms with Crippen LogP contribution in [0.5, 0.6) is 0 Å². The van der Waals surface area contributed by atoms with Gasteiger partial charge in [-0.05, 0) is 32.4 Å². The number of pyridine rings is 1. The second-order valence-corrected chi connectivity index (χ2v) is 4.77. The summed E-state index contributed by atoms with van der Waals surface area (Å²) >= 11 is 0. The molecule has 0 saturated heterocycles. The van der Waals surface area contributed by atoms with Crippen molar-refractivity contribution in [1.82, 2.24) is 15.2 Å². The van der Waals surface area contributed by atoms with E-state index in [1.807, 2.05) is 38.8 Å². The first kappa shape index (κ1) is 13.1. The van der Waals surface area contributed by atoms with E-state index < -0.39 is 0 Å². The van der Waals surface area contributed by atoms with Crippen molar-refractivity contribution < 1.29 is 0 Å². The summed E-state index contributed by atoms with van der Waals surface area (Å²) in [4.78, 5) is 6.47. The molecule has 0 aliphatic heterocycles. The normalized spacial score (nSPS) is 10.3. The minimum atomic E-state index is 0.634. The highest BCUT2D eigenvalue weighted by Crippen LogP contribution is 2.22. The number of aromatic amines is 1. The van der Waals surface area contributed by atoms with Crippen molar-refractivity contribution in [3.8, 4) is 6.07 Å². The highest BCUT2D eigenvalue weighted by molar-refractivity contribution is 5.57. The molecule has 5 heteroatoms. The summed E-state index contributed by atoms with van der Waals surface area (Å²) in [7, 11) is 1.94. The zero-order valence-corrected chi connectivity index (χ0v) is 11.7. The van der Waals surface area contributed by atoms with Gasteiger partial charge in [0.05, 0.1) is 11.8 Å². The van der Waals surface area contributed by atoms with Crippen LogP contribution < -0.4 is 4.90 Å². The first-order chi connectivity index (χ1) is 9.02. The average Bonchev–Trinajstić information content (AvgIpc) is 2.74. The van der Waals surface area contributed by atoms with Crippen molar-refractivity contribution in [2.45, 2.75) is 27.3 Å². The largest absolute Gasteiger partial charge is 0.354 e. The summed E-state index contributed by atoms with van der Waals surface area (Å²) in [6.07, 6.45) is 1.81. The van der Waals surface area contributed by atoms with Gasteiger partial charge in [-0.2, -0.15) is 10.4 Å². The Morgan fingerprint density at radius 2 is 2.11 bits per heavy atom. The maximum Gasteiger partial charge on any atom is 0.147 e. The highest BCUT2D eigenvalue weighted by atomic mass is 15.2. The van der Waals surface area contributed by atoms with Gasteiger partial charge in [0.15, 0.2) is 0 Å². The van der Waals surface area contributed by atoms with E-state index in [1.165, 1.54) is 0 Å². The molecule has 2 aromatic rings. The van der Waals surface area contributed by atoms with Crippen LogP contribution in [0.1, 0.15) is 28.1 Å². The van der Waals surface area contributed by atoms with Crippen LogP contribution in [0.2, 0.25) is 0 Å². The van der Waals surface area contributed by atoms with Crippen LogP contribution in [0, 0.1) is 32.1 Å². The fourth-order valence-electron chi connectivity index (χ4n) is 2.10. The molecular weight excluding hydrogens is 238 g/mol. The molecule has 0 unspecified atom stereocenters. The number of H-pyrrole nitrogens is 1. The summed E-state index contributed by atoms with van der Waals surface area (Å²) in [6.45, 7) is 6.53. The van der Waals surface area contributed by atoms with Gasteiger partial charge in [0.25, 0.3) is 0 Å². The second kappa shape index (κ2) is 5.11. The quantitative estimate of drug-likeness (QED) is 0.913. The SMILES string of the molecule is Cc1cc(C)c(C#N)c(N(C)Cc2cn[nH]c2C)n1. The van der Waals surface area contributed by atoms with E-state index in [4.69, 9.17) is 0 Å². The molecule has 0 radical (unpaired) electrons. The second-order valence-electron chi connectivity index (χ2n) is 4.77. The molecule has 0 saturated carbocycles. The highest BCUT2D eigenvalue weighted by Gasteiger charge is 2.14. The Labute approximate surface area is 112 Å². The molecule has 0 amide bonds. The zero-order chi connectivity index (χ0) is 14.0. The van der Waals surface area contributed by atoms with E-state index in [1.54, 1.807) is 6.20 Å². The standard InChI is InChI=1S/C14H17N5/c1-9-5-10(2)17-14(13(9)6-15)19(4)8-12-7-16-18-11(12)3/h5,7H,8H2,1-4H3,(H,16,18). The van der Waals surface area contributed by atoms with Crippen LogP contribution in [-0.2, 0) is 6.54 Å². The van der Waals surface area contributed by atoms with Crippen molar-refractivity contribution in [3.63, 3.8) is 0 Å². The van der Waals surface area contributed by atoms with E-state index >= 15 is 0 Å². The van der Waals surface area contributed by atoms with Gasteiger partial charge in [-0.15, -0.1) is 0 Å². The number of nitrogens with one attached hydrogen (secondary N) is 1. The number of nitrogens with zero attached hydrogens (tertiary/aromatic N) is 4. The molecule has 5 nitrogen and oxygen atoms in total. The molecule has 0 aliphatic carbocycles. The van der Waals surface area contributed by atoms with E-state index in [0.29, 0.717) is 12.1 Å². The van der Waals surface area contributed by atoms with Crippen molar-refractivity contribution in [2.75, 3.05) is 11.9 Å². The van der Waals surface area contributed by atoms with Crippen LogP contribution >= 0.6 is 0 Å². The van der Waals surface area contributed by atoms with E-state index in [9.17, 15) is 5.26 Å². The van der Waals surface area contributed by atoms with Crippen LogP contribution in [0.4, 0.5) is 5.82 Å². The summed E-state index contributed by atoms with van der Waals surface area (Å²) in [5, 5.41) is 16.2. The first-order valence-electron chi connectivity index (χ1n) is 6.11. The number of aryl methyl sites for hydroxylation is 3. The Bertz CT molecular complexity index is 636. The maximum absolute atomic E-state index is 9.28. The van der Waals surface area contributed by atoms with E-state index in [-0.39, 0.29) is 0 Å². The lowest BCUT2D eigenvalue weighted by atomic mass is 10.1. The molecule has 2 aromatic heterocycles. The average molecular weight is 255 g/mol. The van der Waals surface area contributed by atoms with Gasteiger partial charge in [-0.3, -0.25) is 5.10 Å². The Morgan fingerprint density at radius 1 is 1.37 bits per heavy atom. The lowest BCUT2D eigenvalue weighted by molar-refractivity contribution is 0.880. The van der Waals surface area contributed by atoms with Crippen molar-refractivity contribution >= 4 is 5.82 Å². The molecule has 0 fully saturated rings. The predicted octanol–water partition coefficient (Wildman–Crippen LogP) is 2.24. The smallest absolute Gasteiger partial charge is 0.147 e. The molecule has 0 aliphatic rings. The Hall–Kier alpha value is -2.35. The molecule has 98 valence electrons. The lowest BCUT2D eigenvalue weighted by Crippen LogP contribution is -2.20. The Morgan fingerprint density at radius 3 is 2.68 bits per heavy atom. The molecule has 19 heavy (non-hydrogen) atoms. The first-order valence-corrected chi connectivity index (χ1v) is 6.11. The van der Waals surface area contributed by atoms with Crippen LogP contribution in [0.15, 0.2) is 12.3 Å². The third kappa shape index (κ3) is 2.58. The fraction of sp³-hybridized carbons (Fsp3) is 0.357. The Kier molecular flexibility index (Phi) is 3.52. The third-order valence-electron chi connectivity index (χ3n) is 3.14. The van der Waals surface area contributed by atoms with Crippen molar-refractivity contribution in [3.05, 3.63) is 40.3 Å². The van der Waals surface area contributed by atoms with Crippen LogP contribution in [-0.4, -0.2) is 22.2 Å². The molecule has 2 heterocycles. The predicted molar refractivity (Wildman–Crippen MR) is 73.9 cm³/mol. The molecule has 1 N–H and O–H groups in total. The molecule has 0 bridgehead atoms. The lowest BCUT2D eigenvalue weighted by Gasteiger charge is -2.20. The summed E-state index contributed by atoms with van der Waals surface area (Å²) in [5.74, 6) is 0.723. The number of anilines is 1.